The molecule has 0 saturated carbocycles. The summed E-state index contributed by atoms with van der Waals surface area (Å²) in [6.07, 6.45) is 0. The van der Waals surface area contributed by atoms with Gasteiger partial charge in [0.25, 0.3) is 0 Å². The van der Waals surface area contributed by atoms with Crippen LogP contribution in [0.2, 0.25) is 0 Å². The SMILES string of the molecule is c1ccc(-c2nc(-c3ccccc3)n3c(-c4ccc(-c5nc(-c6ccccc6)c6ccccc6n5)cc4)c4ccccc4c3n2)cc1. The molecule has 0 atom stereocenters. The highest BCUT2D eigenvalue weighted by atomic mass is 15.1. The molecule has 0 bridgehead atoms. The van der Waals surface area contributed by atoms with E-state index in [2.05, 4.69) is 114 Å². The topological polar surface area (TPSA) is 56.0 Å². The molecule has 0 saturated heterocycles. The first-order valence-electron chi connectivity index (χ1n) is 15.7. The molecular formula is C42H27N5. The average Bonchev–Trinajstić information content (AvgIpc) is 3.49. The highest BCUT2D eigenvalue weighted by molar-refractivity contribution is 6.06. The van der Waals surface area contributed by atoms with E-state index >= 15 is 0 Å². The first-order valence-corrected chi connectivity index (χ1v) is 15.7. The van der Waals surface area contributed by atoms with Crippen LogP contribution in [0.25, 0.3) is 84.0 Å². The molecule has 47 heavy (non-hydrogen) atoms. The molecule has 0 amide bonds. The van der Waals surface area contributed by atoms with Crippen molar-refractivity contribution in [1.29, 1.82) is 0 Å². The van der Waals surface area contributed by atoms with Gasteiger partial charge in [-0.3, -0.25) is 4.40 Å². The van der Waals surface area contributed by atoms with Gasteiger partial charge in [0.1, 0.15) is 11.5 Å². The Labute approximate surface area is 271 Å². The van der Waals surface area contributed by atoms with E-state index in [0.29, 0.717) is 11.6 Å². The first-order chi connectivity index (χ1) is 23.3. The van der Waals surface area contributed by atoms with Crippen molar-refractivity contribution in [2.45, 2.75) is 0 Å². The highest BCUT2D eigenvalue weighted by Gasteiger charge is 2.21. The quantitative estimate of drug-likeness (QED) is 0.197. The lowest BCUT2D eigenvalue weighted by atomic mass is 10.0. The molecule has 3 aromatic heterocycles. The third-order valence-electron chi connectivity index (χ3n) is 8.62. The van der Waals surface area contributed by atoms with E-state index in [1.807, 2.05) is 54.6 Å². The van der Waals surface area contributed by atoms with E-state index in [-0.39, 0.29) is 0 Å². The first kappa shape index (κ1) is 26.9. The molecule has 0 unspecified atom stereocenters. The predicted molar refractivity (Wildman–Crippen MR) is 191 cm³/mol. The normalized spacial score (nSPS) is 11.4. The summed E-state index contributed by atoms with van der Waals surface area (Å²) in [6.45, 7) is 0. The lowest BCUT2D eigenvalue weighted by Gasteiger charge is -2.13. The summed E-state index contributed by atoms with van der Waals surface area (Å²) in [4.78, 5) is 20.4. The summed E-state index contributed by atoms with van der Waals surface area (Å²) in [7, 11) is 0. The molecule has 0 fully saturated rings. The lowest BCUT2D eigenvalue weighted by molar-refractivity contribution is 1.05. The van der Waals surface area contributed by atoms with E-state index < -0.39 is 0 Å². The van der Waals surface area contributed by atoms with Crippen molar-refractivity contribution in [3.05, 3.63) is 164 Å². The van der Waals surface area contributed by atoms with E-state index in [0.717, 1.165) is 72.4 Å². The lowest BCUT2D eigenvalue weighted by Crippen LogP contribution is -2.03. The number of para-hydroxylation sites is 1. The van der Waals surface area contributed by atoms with Crippen molar-refractivity contribution in [3.8, 4) is 56.7 Å². The second-order valence-corrected chi connectivity index (χ2v) is 11.5. The summed E-state index contributed by atoms with van der Waals surface area (Å²) in [6, 6.07) is 56.1. The van der Waals surface area contributed by atoms with Crippen molar-refractivity contribution in [1.82, 2.24) is 24.3 Å². The van der Waals surface area contributed by atoms with Gasteiger partial charge >= 0.3 is 0 Å². The van der Waals surface area contributed by atoms with Gasteiger partial charge in [-0.25, -0.2) is 19.9 Å². The molecule has 0 radical (unpaired) electrons. The van der Waals surface area contributed by atoms with Gasteiger partial charge in [0.2, 0.25) is 0 Å². The number of hydrogen-bond donors (Lipinski definition) is 0. The van der Waals surface area contributed by atoms with Gasteiger partial charge in [-0.05, 0) is 11.6 Å². The fourth-order valence-electron chi connectivity index (χ4n) is 6.40. The van der Waals surface area contributed by atoms with Gasteiger partial charge in [-0.2, -0.15) is 0 Å². The van der Waals surface area contributed by atoms with E-state index in [4.69, 9.17) is 19.9 Å². The smallest absolute Gasteiger partial charge is 0.163 e. The van der Waals surface area contributed by atoms with E-state index in [1.54, 1.807) is 0 Å². The second-order valence-electron chi connectivity index (χ2n) is 11.5. The molecule has 0 aliphatic heterocycles. The Morgan fingerprint density at radius 1 is 0.340 bits per heavy atom. The van der Waals surface area contributed by atoms with Gasteiger partial charge in [0, 0.05) is 38.4 Å². The molecule has 220 valence electrons. The zero-order valence-electron chi connectivity index (χ0n) is 25.3. The van der Waals surface area contributed by atoms with Crippen LogP contribution in [0.5, 0.6) is 0 Å². The van der Waals surface area contributed by atoms with Crippen molar-refractivity contribution < 1.29 is 0 Å². The largest absolute Gasteiger partial charge is 0.277 e. The predicted octanol–water partition coefficient (Wildman–Crippen LogP) is 10.2. The Morgan fingerprint density at radius 3 is 1.55 bits per heavy atom. The monoisotopic (exact) mass is 601 g/mol. The van der Waals surface area contributed by atoms with Gasteiger partial charge in [-0.1, -0.05) is 158 Å². The Hall–Kier alpha value is -6.46. The van der Waals surface area contributed by atoms with Crippen molar-refractivity contribution in [2.75, 3.05) is 0 Å². The highest BCUT2D eigenvalue weighted by Crippen LogP contribution is 2.38. The van der Waals surface area contributed by atoms with E-state index in [9.17, 15) is 0 Å². The number of fused-ring (bicyclic) bond motifs is 4. The standard InChI is InChI=1S/C42H27N5/c1-4-14-28(15-5-1)37-35-22-12-13-23-36(35)43-39(44-37)31-26-24-29(25-27-31)38-33-20-10-11-21-34(33)42-46-40(30-16-6-2-7-17-30)45-41(47(38)42)32-18-8-3-9-19-32/h1-27H. The average molecular weight is 602 g/mol. The van der Waals surface area contributed by atoms with Gasteiger partial charge in [-0.15, -0.1) is 0 Å². The number of rotatable bonds is 5. The molecular weight excluding hydrogens is 574 g/mol. The van der Waals surface area contributed by atoms with Crippen LogP contribution in [0.3, 0.4) is 0 Å². The van der Waals surface area contributed by atoms with Gasteiger partial charge in [0.05, 0.1) is 16.9 Å². The van der Waals surface area contributed by atoms with Crippen molar-refractivity contribution in [2.24, 2.45) is 0 Å². The van der Waals surface area contributed by atoms with Crippen molar-refractivity contribution >= 4 is 27.3 Å². The van der Waals surface area contributed by atoms with E-state index in [1.165, 1.54) is 0 Å². The summed E-state index contributed by atoms with van der Waals surface area (Å²) in [5, 5.41) is 3.23. The maximum absolute atomic E-state index is 5.19. The molecule has 3 heterocycles. The van der Waals surface area contributed by atoms with Crippen LogP contribution in [0.15, 0.2) is 164 Å². The van der Waals surface area contributed by atoms with Crippen LogP contribution < -0.4 is 0 Å². The zero-order valence-corrected chi connectivity index (χ0v) is 25.3. The molecule has 0 aliphatic carbocycles. The molecule has 9 aromatic rings. The minimum Gasteiger partial charge on any atom is -0.277 e. The Balaban J connectivity index is 1.25. The number of aromatic nitrogens is 5. The molecule has 6 aromatic carbocycles. The maximum Gasteiger partial charge on any atom is 0.163 e. The summed E-state index contributed by atoms with van der Waals surface area (Å²) in [5.74, 6) is 2.24. The fourth-order valence-corrected chi connectivity index (χ4v) is 6.40. The molecule has 9 rings (SSSR count). The minimum atomic E-state index is 0.694. The van der Waals surface area contributed by atoms with Crippen LogP contribution in [-0.4, -0.2) is 24.3 Å². The third-order valence-corrected chi connectivity index (χ3v) is 8.62. The third kappa shape index (κ3) is 4.64. The second kappa shape index (κ2) is 11.2. The van der Waals surface area contributed by atoms with Crippen LogP contribution in [0.1, 0.15) is 0 Å². The molecule has 0 aliphatic rings. The van der Waals surface area contributed by atoms with Gasteiger partial charge in [0.15, 0.2) is 11.6 Å². The van der Waals surface area contributed by atoms with Gasteiger partial charge < -0.3 is 0 Å². The maximum atomic E-state index is 5.19. The van der Waals surface area contributed by atoms with Crippen LogP contribution in [-0.2, 0) is 0 Å². The number of benzene rings is 6. The fraction of sp³-hybridized carbons (Fsp3) is 0. The zero-order chi connectivity index (χ0) is 31.2. The van der Waals surface area contributed by atoms with Crippen LogP contribution in [0, 0.1) is 0 Å². The Bertz CT molecular complexity index is 2540. The van der Waals surface area contributed by atoms with Crippen LogP contribution >= 0.6 is 0 Å². The summed E-state index contributed by atoms with van der Waals surface area (Å²) >= 11 is 0. The Kier molecular flexibility index (Phi) is 6.39. The number of hydrogen-bond acceptors (Lipinski definition) is 4. The van der Waals surface area contributed by atoms with Crippen LogP contribution in [0.4, 0.5) is 0 Å². The molecule has 5 nitrogen and oxygen atoms in total. The number of nitrogens with zero attached hydrogens (tertiary/aromatic N) is 5. The summed E-state index contributed by atoms with van der Waals surface area (Å²) in [5.41, 5.74) is 8.85. The summed E-state index contributed by atoms with van der Waals surface area (Å²) < 4.78 is 2.21. The molecule has 0 spiro atoms. The van der Waals surface area contributed by atoms with Crippen molar-refractivity contribution in [3.63, 3.8) is 0 Å². The molecule has 0 N–H and O–H groups in total. The molecule has 5 heteroatoms. The minimum absolute atomic E-state index is 0.694. The Morgan fingerprint density at radius 2 is 0.851 bits per heavy atom.